The van der Waals surface area contributed by atoms with Crippen LogP contribution in [0.15, 0.2) is 59.0 Å². The molecule has 0 saturated carbocycles. The summed E-state index contributed by atoms with van der Waals surface area (Å²) in [6.07, 6.45) is 0.624. The van der Waals surface area contributed by atoms with Crippen LogP contribution < -0.4 is 14.8 Å². The quantitative estimate of drug-likeness (QED) is 0.735. The van der Waals surface area contributed by atoms with E-state index in [4.69, 9.17) is 13.9 Å². The lowest BCUT2D eigenvalue weighted by atomic mass is 10.0. The van der Waals surface area contributed by atoms with Crippen LogP contribution in [-0.2, 0) is 0 Å². The van der Waals surface area contributed by atoms with Crippen molar-refractivity contribution >= 4 is 17.9 Å². The van der Waals surface area contributed by atoms with Gasteiger partial charge >= 0.3 is 0 Å². The van der Waals surface area contributed by atoms with Crippen LogP contribution in [0.25, 0.3) is 11.3 Å². The van der Waals surface area contributed by atoms with Gasteiger partial charge in [-0.25, -0.2) is 0 Å². The average Bonchev–Trinajstić information content (AvgIpc) is 3.30. The van der Waals surface area contributed by atoms with E-state index >= 15 is 0 Å². The van der Waals surface area contributed by atoms with Gasteiger partial charge in [0.25, 0.3) is 5.91 Å². The number of fused-ring (bicyclic) bond motifs is 1. The molecule has 0 radical (unpaired) electrons. The van der Waals surface area contributed by atoms with E-state index in [9.17, 15) is 9.59 Å². The van der Waals surface area contributed by atoms with E-state index in [1.165, 1.54) is 0 Å². The van der Waals surface area contributed by atoms with Crippen LogP contribution in [0.4, 0.5) is 5.69 Å². The standard InChI is InChI=1S/C19H13NO5/c21-10-13-6-8-16(25-13)14-3-1-2-4-15(14)19(22)20-12-5-7-17-18(9-12)24-11-23-17/h1-10H,11H2,(H,20,22). The number of rotatable bonds is 4. The van der Waals surface area contributed by atoms with Crippen LogP contribution in [0, 0.1) is 0 Å². The highest BCUT2D eigenvalue weighted by Gasteiger charge is 2.17. The maximum Gasteiger partial charge on any atom is 0.256 e. The minimum Gasteiger partial charge on any atom is -0.454 e. The van der Waals surface area contributed by atoms with Gasteiger partial charge in [0, 0.05) is 17.3 Å². The van der Waals surface area contributed by atoms with E-state index < -0.39 is 0 Å². The number of aldehydes is 1. The monoisotopic (exact) mass is 335 g/mol. The molecule has 0 bridgehead atoms. The Labute approximate surface area is 143 Å². The van der Waals surface area contributed by atoms with Gasteiger partial charge in [-0.1, -0.05) is 18.2 Å². The van der Waals surface area contributed by atoms with Crippen LogP contribution in [0.5, 0.6) is 11.5 Å². The largest absolute Gasteiger partial charge is 0.454 e. The number of amides is 1. The maximum atomic E-state index is 12.7. The fourth-order valence-corrected chi connectivity index (χ4v) is 2.63. The van der Waals surface area contributed by atoms with Gasteiger partial charge in [0.2, 0.25) is 6.79 Å². The van der Waals surface area contributed by atoms with Crippen molar-refractivity contribution in [3.8, 4) is 22.8 Å². The van der Waals surface area contributed by atoms with Crippen LogP contribution in [0.1, 0.15) is 20.9 Å². The molecule has 1 aromatic heterocycles. The number of hydrogen-bond donors (Lipinski definition) is 1. The van der Waals surface area contributed by atoms with Crippen LogP contribution in [0.2, 0.25) is 0 Å². The second-order valence-corrected chi connectivity index (χ2v) is 5.39. The lowest BCUT2D eigenvalue weighted by Gasteiger charge is -2.09. The molecule has 3 aromatic rings. The predicted octanol–water partition coefficient (Wildman–Crippen LogP) is 3.74. The summed E-state index contributed by atoms with van der Waals surface area (Å²) >= 11 is 0. The van der Waals surface area contributed by atoms with E-state index in [1.54, 1.807) is 54.6 Å². The summed E-state index contributed by atoms with van der Waals surface area (Å²) in [6, 6.07) is 15.4. The zero-order valence-corrected chi connectivity index (χ0v) is 13.0. The Morgan fingerprint density at radius 3 is 2.68 bits per heavy atom. The lowest BCUT2D eigenvalue weighted by molar-refractivity contribution is 0.102. The molecule has 4 rings (SSSR count). The molecule has 25 heavy (non-hydrogen) atoms. The second kappa shape index (κ2) is 6.16. The van der Waals surface area contributed by atoms with Gasteiger partial charge in [-0.15, -0.1) is 0 Å². The van der Waals surface area contributed by atoms with Crippen molar-refractivity contribution < 1.29 is 23.5 Å². The third kappa shape index (κ3) is 2.85. The van der Waals surface area contributed by atoms with E-state index in [1.807, 2.05) is 0 Å². The molecule has 124 valence electrons. The zero-order chi connectivity index (χ0) is 17.2. The molecule has 0 saturated heterocycles. The molecular weight excluding hydrogens is 322 g/mol. The zero-order valence-electron chi connectivity index (χ0n) is 13.0. The molecule has 0 aliphatic carbocycles. The number of anilines is 1. The number of ether oxygens (including phenoxy) is 2. The molecule has 0 unspecified atom stereocenters. The summed E-state index contributed by atoms with van der Waals surface area (Å²) in [4.78, 5) is 23.5. The number of furan rings is 1. The van der Waals surface area contributed by atoms with Gasteiger partial charge in [0.15, 0.2) is 23.5 Å². The van der Waals surface area contributed by atoms with Gasteiger partial charge in [0.1, 0.15) is 5.76 Å². The maximum absolute atomic E-state index is 12.7. The van der Waals surface area contributed by atoms with Gasteiger partial charge in [0.05, 0.1) is 5.56 Å². The predicted molar refractivity (Wildman–Crippen MR) is 90.0 cm³/mol. The molecule has 1 aliphatic rings. The summed E-state index contributed by atoms with van der Waals surface area (Å²) in [5.41, 5.74) is 1.64. The van der Waals surface area contributed by atoms with Crippen molar-refractivity contribution in [2.75, 3.05) is 12.1 Å². The van der Waals surface area contributed by atoms with Crippen molar-refractivity contribution in [1.82, 2.24) is 0 Å². The van der Waals surface area contributed by atoms with Crippen molar-refractivity contribution in [2.24, 2.45) is 0 Å². The van der Waals surface area contributed by atoms with Crippen molar-refractivity contribution in [1.29, 1.82) is 0 Å². The van der Waals surface area contributed by atoms with Gasteiger partial charge in [-0.3, -0.25) is 9.59 Å². The first kappa shape index (κ1) is 15.0. The number of hydrogen-bond acceptors (Lipinski definition) is 5. The minimum absolute atomic E-state index is 0.174. The Morgan fingerprint density at radius 2 is 1.84 bits per heavy atom. The molecule has 0 fully saturated rings. The minimum atomic E-state index is -0.293. The second-order valence-electron chi connectivity index (χ2n) is 5.39. The first-order valence-electron chi connectivity index (χ1n) is 7.60. The molecule has 1 aliphatic heterocycles. The van der Waals surface area contributed by atoms with Crippen molar-refractivity contribution in [3.63, 3.8) is 0 Å². The van der Waals surface area contributed by atoms with Crippen molar-refractivity contribution in [3.05, 3.63) is 65.9 Å². The first-order chi connectivity index (χ1) is 12.2. The number of benzene rings is 2. The summed E-state index contributed by atoms with van der Waals surface area (Å²) in [7, 11) is 0. The highest BCUT2D eigenvalue weighted by Crippen LogP contribution is 2.34. The number of carbonyl (C=O) groups excluding carboxylic acids is 2. The SMILES string of the molecule is O=Cc1ccc(-c2ccccc2C(=O)Nc2ccc3c(c2)OCO3)o1. The topological polar surface area (TPSA) is 77.8 Å². The van der Waals surface area contributed by atoms with Gasteiger partial charge < -0.3 is 19.2 Å². The van der Waals surface area contributed by atoms with Gasteiger partial charge in [-0.2, -0.15) is 0 Å². The van der Waals surface area contributed by atoms with Gasteiger partial charge in [-0.05, 0) is 30.3 Å². The summed E-state index contributed by atoms with van der Waals surface area (Å²) < 4.78 is 16.0. The highest BCUT2D eigenvalue weighted by atomic mass is 16.7. The Balaban J connectivity index is 1.63. The van der Waals surface area contributed by atoms with Crippen molar-refractivity contribution in [2.45, 2.75) is 0 Å². The Kier molecular flexibility index (Phi) is 3.70. The third-order valence-electron chi connectivity index (χ3n) is 3.81. The summed E-state index contributed by atoms with van der Waals surface area (Å²) in [6.45, 7) is 0.174. The van der Waals surface area contributed by atoms with E-state index in [0.717, 1.165) is 0 Å². The smallest absolute Gasteiger partial charge is 0.256 e. The summed E-state index contributed by atoms with van der Waals surface area (Å²) in [5, 5.41) is 2.83. The van der Waals surface area contributed by atoms with Crippen LogP contribution in [-0.4, -0.2) is 19.0 Å². The lowest BCUT2D eigenvalue weighted by Crippen LogP contribution is -2.13. The average molecular weight is 335 g/mol. The first-order valence-corrected chi connectivity index (χ1v) is 7.60. The number of carbonyl (C=O) groups is 2. The fourth-order valence-electron chi connectivity index (χ4n) is 2.63. The molecular formula is C19H13NO5. The molecule has 2 heterocycles. The van der Waals surface area contributed by atoms with E-state index in [-0.39, 0.29) is 18.5 Å². The highest BCUT2D eigenvalue weighted by molar-refractivity contribution is 6.08. The van der Waals surface area contributed by atoms with Crippen LogP contribution in [0.3, 0.4) is 0 Å². The molecule has 0 spiro atoms. The molecule has 0 atom stereocenters. The molecule has 1 N–H and O–H groups in total. The molecule has 6 heteroatoms. The molecule has 6 nitrogen and oxygen atoms in total. The Hall–Kier alpha value is -3.54. The van der Waals surface area contributed by atoms with E-state index in [2.05, 4.69) is 5.32 Å². The fraction of sp³-hybridized carbons (Fsp3) is 0.0526. The normalized spacial score (nSPS) is 12.0. The van der Waals surface area contributed by atoms with Crippen LogP contribution >= 0.6 is 0 Å². The number of nitrogens with one attached hydrogen (secondary N) is 1. The third-order valence-corrected chi connectivity index (χ3v) is 3.81. The Bertz CT molecular complexity index is 960. The summed E-state index contributed by atoms with van der Waals surface area (Å²) in [5.74, 6) is 1.61. The Morgan fingerprint density at radius 1 is 1.00 bits per heavy atom. The van der Waals surface area contributed by atoms with E-state index in [0.29, 0.717) is 40.4 Å². The molecule has 1 amide bonds. The molecule has 2 aromatic carbocycles.